The fourth-order valence-corrected chi connectivity index (χ4v) is 8.82. The molecule has 2 aliphatic rings. The summed E-state index contributed by atoms with van der Waals surface area (Å²) >= 11 is 0. The molecule has 0 radical (unpaired) electrons. The van der Waals surface area contributed by atoms with E-state index in [9.17, 15) is 9.59 Å². The second-order valence-corrected chi connectivity index (χ2v) is 18.2. The van der Waals surface area contributed by atoms with Crippen LogP contribution in [0.15, 0.2) is 24.3 Å². The van der Waals surface area contributed by atoms with Gasteiger partial charge in [-0.3, -0.25) is 14.5 Å². The van der Waals surface area contributed by atoms with Gasteiger partial charge in [0.1, 0.15) is 6.04 Å². The van der Waals surface area contributed by atoms with Crippen LogP contribution in [-0.4, -0.2) is 84.9 Å². The largest absolute Gasteiger partial charge is 0.352 e. The number of unbranched alkanes of at least 4 members (excludes halogenated alkanes) is 22. The Bertz CT molecular complexity index is 982. The highest BCUT2D eigenvalue weighted by Gasteiger charge is 2.31. The highest BCUT2D eigenvalue weighted by Crippen LogP contribution is 2.21. The molecule has 0 spiro atoms. The average molecular weight is 797 g/mol. The molecule has 1 heterocycles. The number of carbonyl (C=O) groups is 2. The Labute approximate surface area is 355 Å². The maximum absolute atomic E-state index is 14.2. The van der Waals surface area contributed by atoms with Crippen LogP contribution in [0.3, 0.4) is 0 Å². The Morgan fingerprint density at radius 3 is 1.51 bits per heavy atom. The zero-order chi connectivity index (χ0) is 40.9. The van der Waals surface area contributed by atoms with Crippen LogP contribution in [0.5, 0.6) is 0 Å². The molecular weight excluding hydrogens is 701 g/mol. The maximum Gasteiger partial charge on any atom is 0.243 e. The molecule has 2 rings (SSSR count). The van der Waals surface area contributed by atoms with Gasteiger partial charge in [0.25, 0.3) is 0 Å². The van der Waals surface area contributed by atoms with Crippen LogP contribution in [0.1, 0.15) is 232 Å². The van der Waals surface area contributed by atoms with Gasteiger partial charge in [0.2, 0.25) is 11.8 Å². The molecule has 1 N–H and O–H groups in total. The van der Waals surface area contributed by atoms with Gasteiger partial charge in [-0.25, -0.2) is 0 Å². The van der Waals surface area contributed by atoms with E-state index >= 15 is 0 Å². The van der Waals surface area contributed by atoms with E-state index in [1.54, 1.807) is 0 Å². The van der Waals surface area contributed by atoms with Crippen LogP contribution in [-0.2, 0) is 9.59 Å². The molecule has 1 unspecified atom stereocenters. The number of amides is 2. The summed E-state index contributed by atoms with van der Waals surface area (Å²) < 4.78 is 0. The van der Waals surface area contributed by atoms with E-state index in [0.29, 0.717) is 13.0 Å². The summed E-state index contributed by atoms with van der Waals surface area (Å²) in [6.45, 7) is 10.3. The fraction of sp³-hybridized carbons (Fsp3) is 0.882. The fourth-order valence-electron chi connectivity index (χ4n) is 8.82. The quantitative estimate of drug-likeness (QED) is 0.0390. The van der Waals surface area contributed by atoms with Crippen molar-refractivity contribution >= 4 is 11.8 Å². The molecule has 2 fully saturated rings. The first-order chi connectivity index (χ1) is 28.0. The van der Waals surface area contributed by atoms with Gasteiger partial charge < -0.3 is 15.1 Å². The predicted octanol–water partition coefficient (Wildman–Crippen LogP) is 13.3. The van der Waals surface area contributed by atoms with Gasteiger partial charge in [-0.2, -0.15) is 0 Å². The van der Waals surface area contributed by atoms with E-state index in [1.807, 2.05) is 4.90 Å². The van der Waals surface area contributed by atoms with E-state index in [1.165, 1.54) is 167 Å². The minimum absolute atomic E-state index is 0.119. The average Bonchev–Trinajstić information content (AvgIpc) is 3.49. The Morgan fingerprint density at radius 1 is 0.579 bits per heavy atom. The SMILES string of the molecule is CCCCCCCC/C=C\CCCCCCCC(=O)N(CCN1CCN(C)CC1)C(CCCCCCC/C=C\CCCCCCCC)C(=O)NC1CCCCCC1. The minimum atomic E-state index is -0.346. The van der Waals surface area contributed by atoms with Gasteiger partial charge in [-0.1, -0.05) is 173 Å². The number of allylic oxidation sites excluding steroid dienone is 4. The second-order valence-electron chi connectivity index (χ2n) is 18.2. The lowest BCUT2D eigenvalue weighted by molar-refractivity contribution is -0.141. The van der Waals surface area contributed by atoms with Crippen molar-refractivity contribution in [3.8, 4) is 0 Å². The van der Waals surface area contributed by atoms with Crippen molar-refractivity contribution in [2.24, 2.45) is 0 Å². The third kappa shape index (κ3) is 28.4. The Kier molecular flexibility index (Phi) is 33.7. The summed E-state index contributed by atoms with van der Waals surface area (Å²) in [6, 6.07) is -0.0853. The Morgan fingerprint density at radius 2 is 1.02 bits per heavy atom. The summed E-state index contributed by atoms with van der Waals surface area (Å²) in [5, 5.41) is 3.50. The number of likely N-dealkylation sites (N-methyl/N-ethyl adjacent to an activating group) is 1. The van der Waals surface area contributed by atoms with Crippen molar-refractivity contribution < 1.29 is 9.59 Å². The first-order valence-corrected chi connectivity index (χ1v) is 25.4. The molecule has 57 heavy (non-hydrogen) atoms. The zero-order valence-electron chi connectivity index (χ0n) is 38.4. The molecular formula is C51H96N4O2. The molecule has 1 saturated carbocycles. The third-order valence-electron chi connectivity index (χ3n) is 12.8. The van der Waals surface area contributed by atoms with Gasteiger partial charge in [0.05, 0.1) is 0 Å². The summed E-state index contributed by atoms with van der Waals surface area (Å²) in [5.74, 6) is 0.323. The van der Waals surface area contributed by atoms with E-state index < -0.39 is 0 Å². The lowest BCUT2D eigenvalue weighted by Gasteiger charge is -2.36. The molecule has 2 amide bonds. The smallest absolute Gasteiger partial charge is 0.243 e. The highest BCUT2D eigenvalue weighted by molar-refractivity contribution is 5.87. The van der Waals surface area contributed by atoms with Crippen molar-refractivity contribution in [1.82, 2.24) is 20.0 Å². The number of hydrogen-bond donors (Lipinski definition) is 1. The van der Waals surface area contributed by atoms with Crippen LogP contribution < -0.4 is 5.32 Å². The minimum Gasteiger partial charge on any atom is -0.352 e. The molecule has 1 aliphatic heterocycles. The summed E-state index contributed by atoms with van der Waals surface area (Å²) in [7, 11) is 2.20. The summed E-state index contributed by atoms with van der Waals surface area (Å²) in [6.07, 6.45) is 50.9. The first kappa shape index (κ1) is 51.5. The molecule has 0 aromatic rings. The number of carbonyl (C=O) groups excluding carboxylic acids is 2. The first-order valence-electron chi connectivity index (χ1n) is 25.4. The van der Waals surface area contributed by atoms with Gasteiger partial charge in [-0.05, 0) is 84.1 Å². The van der Waals surface area contributed by atoms with Gasteiger partial charge in [0.15, 0.2) is 0 Å². The molecule has 0 aromatic carbocycles. The van der Waals surface area contributed by atoms with E-state index in [4.69, 9.17) is 0 Å². The molecule has 332 valence electrons. The van der Waals surface area contributed by atoms with Crippen molar-refractivity contribution in [1.29, 1.82) is 0 Å². The number of rotatable bonds is 36. The highest BCUT2D eigenvalue weighted by atomic mass is 16.2. The number of hydrogen-bond acceptors (Lipinski definition) is 4. The predicted molar refractivity (Wildman–Crippen MR) is 248 cm³/mol. The molecule has 6 nitrogen and oxygen atoms in total. The van der Waals surface area contributed by atoms with Crippen molar-refractivity contribution in [3.63, 3.8) is 0 Å². The lowest BCUT2D eigenvalue weighted by atomic mass is 10.0. The van der Waals surface area contributed by atoms with Crippen LogP contribution in [0.2, 0.25) is 0 Å². The zero-order valence-corrected chi connectivity index (χ0v) is 38.4. The summed E-state index contributed by atoms with van der Waals surface area (Å²) in [4.78, 5) is 35.3. The maximum atomic E-state index is 14.2. The van der Waals surface area contributed by atoms with Crippen LogP contribution in [0.25, 0.3) is 0 Å². The molecule has 1 atom stereocenters. The van der Waals surface area contributed by atoms with Crippen LogP contribution >= 0.6 is 0 Å². The van der Waals surface area contributed by atoms with Crippen molar-refractivity contribution in [2.75, 3.05) is 46.3 Å². The standard InChI is InChI=1S/C51H96N4O2/c1-4-6-8-10-12-14-16-18-20-22-24-26-28-30-36-40-49(51(57)52-48-38-34-32-33-35-39-48)55(47-46-54-44-42-53(3)43-45-54)50(56)41-37-31-29-27-25-23-21-19-17-15-13-11-9-7-5-2/h18-21,48-49H,4-17,22-47H2,1-3H3,(H,52,57)/b20-18-,21-19-. The second kappa shape index (κ2) is 37.3. The third-order valence-corrected chi connectivity index (χ3v) is 12.8. The molecule has 1 aliphatic carbocycles. The molecule has 1 saturated heterocycles. The topological polar surface area (TPSA) is 55.9 Å². The molecule has 0 aromatic heterocycles. The lowest BCUT2D eigenvalue weighted by Crippen LogP contribution is -2.54. The van der Waals surface area contributed by atoms with Gasteiger partial charge >= 0.3 is 0 Å². The Hall–Kier alpha value is -1.66. The van der Waals surface area contributed by atoms with E-state index in [-0.39, 0.29) is 23.9 Å². The van der Waals surface area contributed by atoms with Crippen LogP contribution in [0.4, 0.5) is 0 Å². The molecule has 0 bridgehead atoms. The van der Waals surface area contributed by atoms with Crippen molar-refractivity contribution in [2.45, 2.75) is 244 Å². The molecule has 6 heteroatoms. The monoisotopic (exact) mass is 797 g/mol. The van der Waals surface area contributed by atoms with Crippen molar-refractivity contribution in [3.05, 3.63) is 24.3 Å². The number of nitrogens with one attached hydrogen (secondary N) is 1. The number of piperazine rings is 1. The van der Waals surface area contributed by atoms with Gasteiger partial charge in [0, 0.05) is 51.7 Å². The summed E-state index contributed by atoms with van der Waals surface area (Å²) in [5.41, 5.74) is 0. The van der Waals surface area contributed by atoms with Crippen LogP contribution in [0, 0.1) is 0 Å². The Balaban J connectivity index is 1.86. The normalized spacial score (nSPS) is 16.8. The number of nitrogens with zero attached hydrogens (tertiary/aromatic N) is 3. The van der Waals surface area contributed by atoms with Gasteiger partial charge in [-0.15, -0.1) is 0 Å². The van der Waals surface area contributed by atoms with E-state index in [2.05, 4.69) is 60.3 Å². The van der Waals surface area contributed by atoms with E-state index in [0.717, 1.165) is 77.7 Å².